The minimum absolute atomic E-state index is 0.0209. The highest BCUT2D eigenvalue weighted by atomic mass is 16.6. The first-order chi connectivity index (χ1) is 23.0. The normalized spacial score (nSPS) is 13.7. The van der Waals surface area contributed by atoms with Crippen LogP contribution in [0.25, 0.3) is 0 Å². The Balaban J connectivity index is 2.06. The molecule has 272 valence electrons. The van der Waals surface area contributed by atoms with E-state index in [0.717, 1.165) is 4.90 Å². The van der Waals surface area contributed by atoms with Gasteiger partial charge in [-0.15, -0.1) is 0 Å². The predicted octanol–water partition coefficient (Wildman–Crippen LogP) is -2.31. The molecule has 0 aromatic carbocycles. The monoisotopic (exact) mass is 685 g/mol. The van der Waals surface area contributed by atoms with E-state index in [0.29, 0.717) is 39.5 Å². The molecule has 1 heterocycles. The van der Waals surface area contributed by atoms with E-state index in [4.69, 9.17) is 24.7 Å². The second-order valence-corrected chi connectivity index (χ2v) is 10.9. The largest absolute Gasteiger partial charge is 0.379 e. The van der Waals surface area contributed by atoms with E-state index in [-0.39, 0.29) is 76.4 Å². The molecule has 18 nitrogen and oxygen atoms in total. The minimum Gasteiger partial charge on any atom is -0.379 e. The van der Waals surface area contributed by atoms with Gasteiger partial charge in [0.1, 0.15) is 12.1 Å². The van der Waals surface area contributed by atoms with Crippen molar-refractivity contribution in [2.24, 2.45) is 11.7 Å². The molecule has 0 spiro atoms. The number of primary amides is 1. The van der Waals surface area contributed by atoms with Crippen LogP contribution in [-0.4, -0.2) is 138 Å². The maximum absolute atomic E-state index is 12.9. The number of ether oxygens (including phenoxy) is 4. The predicted molar refractivity (Wildman–Crippen MR) is 171 cm³/mol. The molecule has 2 atom stereocenters. The lowest BCUT2D eigenvalue weighted by Gasteiger charge is -2.25. The summed E-state index contributed by atoms with van der Waals surface area (Å²) in [5.41, 5.74) is 5.04. The molecule has 8 amide bonds. The van der Waals surface area contributed by atoms with E-state index in [9.17, 15) is 33.6 Å². The van der Waals surface area contributed by atoms with Crippen molar-refractivity contribution in [2.45, 2.75) is 51.6 Å². The topological polar surface area (TPSA) is 246 Å². The fraction of sp³-hybridized carbons (Fsp3) is 0.700. The Labute approximate surface area is 280 Å². The number of rotatable bonds is 27. The number of hydrogen-bond acceptors (Lipinski definition) is 11. The Morgan fingerprint density at radius 2 is 1.29 bits per heavy atom. The van der Waals surface area contributed by atoms with Crippen molar-refractivity contribution in [2.75, 3.05) is 79.5 Å². The number of nitrogens with two attached hydrogens (primary N) is 1. The first-order valence-corrected chi connectivity index (χ1v) is 15.9. The average Bonchev–Trinajstić information content (AvgIpc) is 3.37. The van der Waals surface area contributed by atoms with Crippen LogP contribution >= 0.6 is 0 Å². The van der Waals surface area contributed by atoms with Crippen LogP contribution in [0.15, 0.2) is 12.2 Å². The third kappa shape index (κ3) is 18.9. The quantitative estimate of drug-likeness (QED) is 0.0396. The van der Waals surface area contributed by atoms with Gasteiger partial charge in [0.05, 0.1) is 52.9 Å². The molecule has 0 fully saturated rings. The lowest BCUT2D eigenvalue weighted by molar-refractivity contribution is -0.137. The molecular formula is C30H51N7O11. The molecule has 0 aromatic heterocycles. The molecule has 0 saturated carbocycles. The van der Waals surface area contributed by atoms with Crippen LogP contribution in [0.3, 0.4) is 0 Å². The van der Waals surface area contributed by atoms with Gasteiger partial charge in [0.15, 0.2) is 0 Å². The zero-order chi connectivity index (χ0) is 35.7. The molecule has 1 aliphatic rings. The third-order valence-corrected chi connectivity index (χ3v) is 6.73. The summed E-state index contributed by atoms with van der Waals surface area (Å²) in [4.78, 5) is 84.1. The Morgan fingerprint density at radius 3 is 1.83 bits per heavy atom. The maximum atomic E-state index is 12.9. The number of carbonyl (C=O) groups excluding carboxylic acids is 7. The van der Waals surface area contributed by atoms with Gasteiger partial charge in [-0.3, -0.25) is 33.7 Å². The zero-order valence-electron chi connectivity index (χ0n) is 28.0. The maximum Gasteiger partial charge on any atom is 0.312 e. The van der Waals surface area contributed by atoms with Crippen LogP contribution in [0.1, 0.15) is 39.5 Å². The number of amides is 8. The number of nitrogens with one attached hydrogen (secondary N) is 5. The number of likely N-dealkylation sites (N-methyl/N-ethyl adjacent to an activating group) is 1. The van der Waals surface area contributed by atoms with Crippen molar-refractivity contribution in [3.05, 3.63) is 12.2 Å². The summed E-state index contributed by atoms with van der Waals surface area (Å²) in [5.74, 6) is -2.64. The van der Waals surface area contributed by atoms with Crippen LogP contribution in [0, 0.1) is 5.92 Å². The number of hydrogen-bond donors (Lipinski definition) is 6. The number of imide groups is 1. The van der Waals surface area contributed by atoms with Gasteiger partial charge in [-0.25, -0.2) is 4.79 Å². The van der Waals surface area contributed by atoms with Gasteiger partial charge in [0.25, 0.3) is 11.8 Å². The fourth-order valence-corrected chi connectivity index (χ4v) is 4.15. The van der Waals surface area contributed by atoms with Crippen molar-refractivity contribution >= 4 is 41.5 Å². The summed E-state index contributed by atoms with van der Waals surface area (Å²) in [6, 6.07) is -2.38. The first-order valence-electron chi connectivity index (χ1n) is 15.9. The fourth-order valence-electron chi connectivity index (χ4n) is 4.15. The molecule has 7 N–H and O–H groups in total. The number of urea groups is 1. The van der Waals surface area contributed by atoms with Gasteiger partial charge < -0.3 is 51.3 Å². The molecule has 0 saturated heterocycles. The summed E-state index contributed by atoms with van der Waals surface area (Å²) in [7, 11) is 1.45. The second kappa shape index (κ2) is 25.0. The smallest absolute Gasteiger partial charge is 0.312 e. The highest BCUT2D eigenvalue weighted by Crippen LogP contribution is 2.06. The highest BCUT2D eigenvalue weighted by molar-refractivity contribution is 6.13. The van der Waals surface area contributed by atoms with E-state index in [1.807, 2.05) is 0 Å². The summed E-state index contributed by atoms with van der Waals surface area (Å²) in [6.07, 6.45) is 3.07. The Morgan fingerprint density at radius 1 is 0.729 bits per heavy atom. The first kappa shape index (κ1) is 41.9. The highest BCUT2D eigenvalue weighted by Gasteiger charge is 2.28. The van der Waals surface area contributed by atoms with Gasteiger partial charge in [-0.1, -0.05) is 13.8 Å². The van der Waals surface area contributed by atoms with E-state index in [2.05, 4.69) is 26.6 Å². The molecule has 48 heavy (non-hydrogen) atoms. The molecule has 1 aliphatic heterocycles. The Kier molecular flexibility index (Phi) is 21.8. The van der Waals surface area contributed by atoms with Gasteiger partial charge >= 0.3 is 6.03 Å². The lowest BCUT2D eigenvalue weighted by Crippen LogP contribution is -2.55. The summed E-state index contributed by atoms with van der Waals surface area (Å²) in [5, 5.41) is 12.9. The molecule has 0 radical (unpaired) electrons. The van der Waals surface area contributed by atoms with Crippen molar-refractivity contribution in [1.29, 1.82) is 0 Å². The van der Waals surface area contributed by atoms with E-state index in [1.165, 1.54) is 19.2 Å². The van der Waals surface area contributed by atoms with E-state index < -0.39 is 41.7 Å². The molecule has 0 bridgehead atoms. The molecule has 1 rings (SSSR count). The molecule has 0 aliphatic carbocycles. The molecule has 0 aromatic rings. The minimum atomic E-state index is -0.862. The van der Waals surface area contributed by atoms with Crippen molar-refractivity contribution in [1.82, 2.24) is 31.5 Å². The van der Waals surface area contributed by atoms with Gasteiger partial charge in [-0.2, -0.15) is 0 Å². The Bertz CT molecular complexity index is 1070. The summed E-state index contributed by atoms with van der Waals surface area (Å²) in [6.45, 7) is 6.43. The van der Waals surface area contributed by atoms with Crippen LogP contribution < -0.4 is 32.3 Å². The van der Waals surface area contributed by atoms with Gasteiger partial charge in [0, 0.05) is 51.7 Å². The Hall–Kier alpha value is -4.13. The van der Waals surface area contributed by atoms with Crippen LogP contribution in [0.5, 0.6) is 0 Å². The molecule has 18 heteroatoms. The summed E-state index contributed by atoms with van der Waals surface area (Å²) >= 11 is 0. The third-order valence-electron chi connectivity index (χ3n) is 6.73. The number of carbonyl (C=O) groups is 7. The molecular weight excluding hydrogens is 634 g/mol. The van der Waals surface area contributed by atoms with Crippen molar-refractivity contribution < 1.29 is 52.5 Å². The SMILES string of the molecule is CNC(=O)[C@H](CCCNC(N)=O)NC(=O)[C@@H](NC(=O)CCOCCOCCOCCOCCNC(=O)CCN1C(=O)C=CC1=O)C(C)C. The van der Waals surface area contributed by atoms with E-state index >= 15 is 0 Å². The van der Waals surface area contributed by atoms with Crippen molar-refractivity contribution in [3.8, 4) is 0 Å². The average molecular weight is 686 g/mol. The van der Waals surface area contributed by atoms with Crippen LogP contribution in [0.4, 0.5) is 4.79 Å². The number of nitrogens with zero attached hydrogens (tertiary/aromatic N) is 1. The zero-order valence-corrected chi connectivity index (χ0v) is 28.0. The second-order valence-electron chi connectivity index (χ2n) is 10.9. The van der Waals surface area contributed by atoms with Gasteiger partial charge in [0.2, 0.25) is 23.6 Å². The standard InChI is InChI=1S/C30H51N7O11/c1-21(2)27(29(43)35-22(28(42)32-3)5-4-10-34-30(31)44)36-24(39)9-13-45-15-17-47-19-20-48-18-16-46-14-11-33-23(38)8-12-37-25(40)6-7-26(37)41/h6-7,21-22,27H,4-5,8-20H2,1-3H3,(H,32,42)(H,33,38)(H,35,43)(H,36,39)(H3,31,34,44)/t22-,27-/m0/s1. The van der Waals surface area contributed by atoms with Gasteiger partial charge in [-0.05, 0) is 18.8 Å². The van der Waals surface area contributed by atoms with Crippen LogP contribution in [-0.2, 0) is 47.7 Å². The lowest BCUT2D eigenvalue weighted by atomic mass is 10.0. The van der Waals surface area contributed by atoms with Crippen LogP contribution in [0.2, 0.25) is 0 Å². The van der Waals surface area contributed by atoms with E-state index in [1.54, 1.807) is 13.8 Å². The van der Waals surface area contributed by atoms with Crippen molar-refractivity contribution in [3.63, 3.8) is 0 Å². The summed E-state index contributed by atoms with van der Waals surface area (Å²) < 4.78 is 21.6. The molecule has 0 unspecified atom stereocenters.